The summed E-state index contributed by atoms with van der Waals surface area (Å²) in [6.07, 6.45) is 0.670. The van der Waals surface area contributed by atoms with Crippen LogP contribution in [0, 0.1) is 0 Å². The molecule has 0 spiro atoms. The number of hydrogen-bond acceptors (Lipinski definition) is 4. The van der Waals surface area contributed by atoms with E-state index in [0.717, 1.165) is 21.4 Å². The monoisotopic (exact) mass is 310 g/mol. The predicted molar refractivity (Wildman–Crippen MR) is 74.2 cm³/mol. The lowest BCUT2D eigenvalue weighted by atomic mass is 10.0. The van der Waals surface area contributed by atoms with Crippen LogP contribution in [-0.4, -0.2) is 18.4 Å². The van der Waals surface area contributed by atoms with Gasteiger partial charge in [0.25, 0.3) is 0 Å². The third-order valence-corrected chi connectivity index (χ3v) is 3.13. The molecule has 2 aromatic rings. The van der Waals surface area contributed by atoms with Gasteiger partial charge in [0.15, 0.2) is 5.82 Å². The molecule has 2 N–H and O–H groups in total. The Bertz CT molecular complexity index is 508. The summed E-state index contributed by atoms with van der Waals surface area (Å²) in [6.45, 7) is 3.26. The van der Waals surface area contributed by atoms with Gasteiger partial charge >= 0.3 is 0 Å². The first-order valence-electron chi connectivity index (χ1n) is 5.80. The molecule has 0 bridgehead atoms. The molecule has 0 unspecified atom stereocenters. The fourth-order valence-electron chi connectivity index (χ4n) is 1.74. The van der Waals surface area contributed by atoms with Crippen LogP contribution in [0.5, 0.6) is 0 Å². The zero-order valence-corrected chi connectivity index (χ0v) is 11.7. The van der Waals surface area contributed by atoms with Crippen LogP contribution < -0.4 is 5.73 Å². The van der Waals surface area contributed by atoms with E-state index in [1.54, 1.807) is 0 Å². The Kier molecular flexibility index (Phi) is 4.38. The number of benzene rings is 1. The molecule has 0 amide bonds. The number of nitrogen functional groups attached to an aromatic ring is 1. The molecule has 0 saturated heterocycles. The van der Waals surface area contributed by atoms with Crippen molar-refractivity contribution in [3.63, 3.8) is 0 Å². The number of nitrogens with two attached hydrogens (primary N) is 1. The Labute approximate surface area is 114 Å². The summed E-state index contributed by atoms with van der Waals surface area (Å²) in [7, 11) is 0. The highest BCUT2D eigenvalue weighted by Gasteiger charge is 2.15. The Hall–Kier alpha value is -1.33. The van der Waals surface area contributed by atoms with Crippen molar-refractivity contribution in [1.82, 2.24) is 5.16 Å². The van der Waals surface area contributed by atoms with E-state index in [9.17, 15) is 0 Å². The Balaban J connectivity index is 2.25. The summed E-state index contributed by atoms with van der Waals surface area (Å²) in [4.78, 5) is 0. The topological polar surface area (TPSA) is 61.3 Å². The second-order valence-electron chi connectivity index (χ2n) is 3.82. The van der Waals surface area contributed by atoms with E-state index in [4.69, 9.17) is 15.0 Å². The van der Waals surface area contributed by atoms with E-state index < -0.39 is 0 Å². The summed E-state index contributed by atoms with van der Waals surface area (Å²) < 4.78 is 11.6. The maximum Gasteiger partial charge on any atom is 0.175 e. The molecule has 0 saturated carbocycles. The molecule has 1 aromatic carbocycles. The Morgan fingerprint density at radius 1 is 1.33 bits per heavy atom. The third kappa shape index (κ3) is 2.91. The Morgan fingerprint density at radius 3 is 2.72 bits per heavy atom. The predicted octanol–water partition coefficient (Wildman–Crippen LogP) is 3.27. The van der Waals surface area contributed by atoms with Gasteiger partial charge in [0.1, 0.15) is 5.76 Å². The van der Waals surface area contributed by atoms with Crippen LogP contribution in [0.15, 0.2) is 33.3 Å². The summed E-state index contributed by atoms with van der Waals surface area (Å²) >= 11 is 3.41. The van der Waals surface area contributed by atoms with E-state index in [-0.39, 0.29) is 0 Å². The van der Waals surface area contributed by atoms with Crippen LogP contribution in [0.1, 0.15) is 12.7 Å². The second kappa shape index (κ2) is 6.02. The van der Waals surface area contributed by atoms with Crippen molar-refractivity contribution in [3.8, 4) is 11.1 Å². The van der Waals surface area contributed by atoms with Crippen molar-refractivity contribution in [2.75, 3.05) is 18.9 Å². The zero-order valence-electron chi connectivity index (χ0n) is 10.1. The lowest BCUT2D eigenvalue weighted by Gasteiger charge is -2.03. The number of nitrogens with zero attached hydrogens (tertiary/aromatic N) is 1. The maximum absolute atomic E-state index is 5.86. The first kappa shape index (κ1) is 13.1. The summed E-state index contributed by atoms with van der Waals surface area (Å²) in [5, 5.41) is 3.83. The molecule has 0 aliphatic rings. The van der Waals surface area contributed by atoms with Crippen molar-refractivity contribution >= 4 is 21.7 Å². The highest BCUT2D eigenvalue weighted by molar-refractivity contribution is 9.10. The van der Waals surface area contributed by atoms with Gasteiger partial charge in [-0.15, -0.1) is 0 Å². The van der Waals surface area contributed by atoms with E-state index in [1.165, 1.54) is 0 Å². The highest BCUT2D eigenvalue weighted by Crippen LogP contribution is 2.30. The highest BCUT2D eigenvalue weighted by atomic mass is 79.9. The normalized spacial score (nSPS) is 10.8. The molecule has 96 valence electrons. The molecule has 0 fully saturated rings. The second-order valence-corrected chi connectivity index (χ2v) is 4.74. The van der Waals surface area contributed by atoms with Gasteiger partial charge in [0.2, 0.25) is 0 Å². The number of rotatable bonds is 5. The number of ether oxygens (including phenoxy) is 1. The smallest absolute Gasteiger partial charge is 0.175 e. The van der Waals surface area contributed by atoms with Crippen LogP contribution in [0.2, 0.25) is 0 Å². The minimum Gasteiger partial charge on any atom is -0.381 e. The van der Waals surface area contributed by atoms with Gasteiger partial charge < -0.3 is 15.0 Å². The third-order valence-electron chi connectivity index (χ3n) is 2.60. The lowest BCUT2D eigenvalue weighted by Crippen LogP contribution is -1.98. The molecular formula is C13H15BrN2O2. The minimum absolute atomic E-state index is 0.420. The molecule has 1 heterocycles. The molecular weight excluding hydrogens is 296 g/mol. The zero-order chi connectivity index (χ0) is 13.0. The van der Waals surface area contributed by atoms with Gasteiger partial charge in [-0.25, -0.2) is 0 Å². The van der Waals surface area contributed by atoms with Gasteiger partial charge in [-0.1, -0.05) is 33.2 Å². The molecule has 2 rings (SSSR count). The van der Waals surface area contributed by atoms with E-state index in [0.29, 0.717) is 25.5 Å². The van der Waals surface area contributed by atoms with Gasteiger partial charge in [-0.05, 0) is 24.6 Å². The fraction of sp³-hybridized carbons (Fsp3) is 0.308. The number of hydrogen-bond donors (Lipinski definition) is 1. The number of anilines is 1. The van der Waals surface area contributed by atoms with Gasteiger partial charge in [-0.2, -0.15) is 0 Å². The standard InChI is InChI=1S/C13H15BrN2O2/c1-2-17-8-7-11-12(13(15)16-18-11)9-3-5-10(14)6-4-9/h3-6H,2,7-8H2,1H3,(H2,15,16). The van der Waals surface area contributed by atoms with Crippen LogP contribution in [0.4, 0.5) is 5.82 Å². The molecule has 1 aromatic heterocycles. The molecule has 18 heavy (non-hydrogen) atoms. The molecule has 5 heteroatoms. The quantitative estimate of drug-likeness (QED) is 0.861. The SMILES string of the molecule is CCOCCc1onc(N)c1-c1ccc(Br)cc1. The number of aromatic nitrogens is 1. The van der Waals surface area contributed by atoms with E-state index >= 15 is 0 Å². The lowest BCUT2D eigenvalue weighted by molar-refractivity contribution is 0.145. The van der Waals surface area contributed by atoms with Gasteiger partial charge in [0, 0.05) is 17.5 Å². The number of halogens is 1. The summed E-state index contributed by atoms with van der Waals surface area (Å²) in [5.41, 5.74) is 7.72. The van der Waals surface area contributed by atoms with E-state index in [1.807, 2.05) is 31.2 Å². The van der Waals surface area contributed by atoms with Crippen LogP contribution in [0.25, 0.3) is 11.1 Å². The minimum atomic E-state index is 0.420. The maximum atomic E-state index is 5.86. The molecule has 0 atom stereocenters. The first-order valence-corrected chi connectivity index (χ1v) is 6.59. The van der Waals surface area contributed by atoms with Crippen molar-refractivity contribution < 1.29 is 9.26 Å². The van der Waals surface area contributed by atoms with Crippen molar-refractivity contribution in [2.24, 2.45) is 0 Å². The van der Waals surface area contributed by atoms with Gasteiger partial charge in [-0.3, -0.25) is 0 Å². The molecule has 4 nitrogen and oxygen atoms in total. The van der Waals surface area contributed by atoms with Crippen molar-refractivity contribution in [3.05, 3.63) is 34.5 Å². The van der Waals surface area contributed by atoms with Crippen LogP contribution in [-0.2, 0) is 11.2 Å². The fourth-order valence-corrected chi connectivity index (χ4v) is 2.01. The van der Waals surface area contributed by atoms with Crippen LogP contribution in [0.3, 0.4) is 0 Å². The Morgan fingerprint density at radius 2 is 2.06 bits per heavy atom. The average molecular weight is 311 g/mol. The van der Waals surface area contributed by atoms with Crippen molar-refractivity contribution in [2.45, 2.75) is 13.3 Å². The molecule has 0 aliphatic carbocycles. The molecule has 0 radical (unpaired) electrons. The van der Waals surface area contributed by atoms with Gasteiger partial charge in [0.05, 0.1) is 12.2 Å². The average Bonchev–Trinajstić information content (AvgIpc) is 2.72. The van der Waals surface area contributed by atoms with Crippen LogP contribution >= 0.6 is 15.9 Å². The largest absolute Gasteiger partial charge is 0.381 e. The molecule has 0 aliphatic heterocycles. The van der Waals surface area contributed by atoms with Crippen molar-refractivity contribution in [1.29, 1.82) is 0 Å². The summed E-state index contributed by atoms with van der Waals surface area (Å²) in [6, 6.07) is 7.90. The first-order chi connectivity index (χ1) is 8.72. The summed E-state index contributed by atoms with van der Waals surface area (Å²) in [5.74, 6) is 1.19. The van der Waals surface area contributed by atoms with E-state index in [2.05, 4.69) is 21.1 Å².